The minimum Gasteiger partial charge on any atom is -0.343 e. The summed E-state index contributed by atoms with van der Waals surface area (Å²) in [5.74, 6) is 0.314. The van der Waals surface area contributed by atoms with Crippen molar-refractivity contribution in [3.63, 3.8) is 0 Å². The van der Waals surface area contributed by atoms with E-state index >= 15 is 0 Å². The van der Waals surface area contributed by atoms with Crippen molar-refractivity contribution in [3.8, 4) is 0 Å². The molecule has 0 aromatic carbocycles. The maximum atomic E-state index is 11.9. The third-order valence-electron chi connectivity index (χ3n) is 4.40. The molecule has 19 heavy (non-hydrogen) atoms. The molecule has 2 rings (SSSR count). The molecule has 2 aliphatic heterocycles. The number of allylic oxidation sites excluding steroid dienone is 1. The van der Waals surface area contributed by atoms with Crippen molar-refractivity contribution in [2.45, 2.75) is 38.5 Å². The number of rotatable bonds is 3. The van der Waals surface area contributed by atoms with E-state index < -0.39 is 0 Å². The molecule has 0 atom stereocenters. The van der Waals surface area contributed by atoms with Crippen LogP contribution in [-0.4, -0.2) is 37.0 Å². The van der Waals surface area contributed by atoms with Gasteiger partial charge in [-0.3, -0.25) is 4.79 Å². The van der Waals surface area contributed by atoms with E-state index in [1.165, 1.54) is 25.7 Å². The van der Waals surface area contributed by atoms with Gasteiger partial charge < -0.3 is 10.2 Å². The number of carbonyl (C=O) groups excluding carboxylic acids is 1. The molecule has 0 unspecified atom stereocenters. The largest absolute Gasteiger partial charge is 0.343 e. The van der Waals surface area contributed by atoms with E-state index in [0.29, 0.717) is 17.7 Å². The summed E-state index contributed by atoms with van der Waals surface area (Å²) in [4.78, 5) is 13.9. The quantitative estimate of drug-likeness (QED) is 0.813. The predicted octanol–water partition coefficient (Wildman–Crippen LogP) is 2.79. The van der Waals surface area contributed by atoms with Gasteiger partial charge in [-0.05, 0) is 50.6 Å². The Balaban J connectivity index is 0.00000162. The molecule has 0 saturated carbocycles. The normalized spacial score (nSPS) is 21.2. The highest BCUT2D eigenvalue weighted by Crippen LogP contribution is 2.39. The third-order valence-corrected chi connectivity index (χ3v) is 4.40. The first-order valence-corrected chi connectivity index (χ1v) is 6.85. The fourth-order valence-corrected chi connectivity index (χ4v) is 3.07. The zero-order valence-corrected chi connectivity index (χ0v) is 13.2. The van der Waals surface area contributed by atoms with Gasteiger partial charge in [-0.25, -0.2) is 0 Å². The van der Waals surface area contributed by atoms with E-state index in [1.54, 1.807) is 0 Å². The maximum absolute atomic E-state index is 11.9. The van der Waals surface area contributed by atoms with Crippen molar-refractivity contribution in [1.29, 1.82) is 0 Å². The lowest BCUT2D eigenvalue weighted by Crippen LogP contribution is -2.47. The number of hydrogen-bond acceptors (Lipinski definition) is 2. The van der Waals surface area contributed by atoms with Crippen LogP contribution in [0.25, 0.3) is 0 Å². The fourth-order valence-electron chi connectivity index (χ4n) is 3.07. The summed E-state index contributed by atoms with van der Waals surface area (Å²) in [5.41, 5.74) is 0.542. The van der Waals surface area contributed by atoms with E-state index in [1.807, 2.05) is 6.08 Å². The first-order valence-electron chi connectivity index (χ1n) is 6.85. The zero-order chi connectivity index (χ0) is 12.1. The Kier molecular flexibility index (Phi) is 8.71. The summed E-state index contributed by atoms with van der Waals surface area (Å²) in [6.07, 6.45) is 8.27. The van der Waals surface area contributed by atoms with Gasteiger partial charge in [0.15, 0.2) is 0 Å². The molecular formula is C14H26Cl2N2O. The highest BCUT2D eigenvalue weighted by molar-refractivity contribution is 5.85. The smallest absolute Gasteiger partial charge is 0.222 e. The van der Waals surface area contributed by atoms with Gasteiger partial charge in [0.1, 0.15) is 0 Å². The topological polar surface area (TPSA) is 32.3 Å². The Bertz CT molecular complexity index is 281. The molecule has 2 aliphatic rings. The second-order valence-electron chi connectivity index (χ2n) is 5.46. The highest BCUT2D eigenvalue weighted by Gasteiger charge is 2.36. The number of halogens is 2. The summed E-state index contributed by atoms with van der Waals surface area (Å²) >= 11 is 0. The Labute approximate surface area is 129 Å². The summed E-state index contributed by atoms with van der Waals surface area (Å²) in [6, 6.07) is 0. The van der Waals surface area contributed by atoms with Crippen LogP contribution < -0.4 is 5.32 Å². The van der Waals surface area contributed by atoms with E-state index in [2.05, 4.69) is 16.8 Å². The van der Waals surface area contributed by atoms with E-state index in [9.17, 15) is 4.79 Å². The summed E-state index contributed by atoms with van der Waals surface area (Å²) < 4.78 is 0. The lowest BCUT2D eigenvalue weighted by molar-refractivity contribution is -0.133. The van der Waals surface area contributed by atoms with Crippen LogP contribution in [0.4, 0.5) is 0 Å². The predicted molar refractivity (Wildman–Crippen MR) is 84.3 cm³/mol. The number of amides is 1. The maximum Gasteiger partial charge on any atom is 0.222 e. The van der Waals surface area contributed by atoms with Gasteiger partial charge in [-0.2, -0.15) is 0 Å². The highest BCUT2D eigenvalue weighted by atomic mass is 35.5. The standard InChI is InChI=1S/C14H24N2O.2ClH/c1-2-3-4-13(17)16-11-7-14(8-12-16)5-9-15-10-6-14;;/h2,15H,1,3-12H2;2*1H. The van der Waals surface area contributed by atoms with Crippen molar-refractivity contribution in [1.82, 2.24) is 10.2 Å². The minimum absolute atomic E-state index is 0. The first kappa shape index (κ1) is 18.8. The van der Waals surface area contributed by atoms with Gasteiger partial charge in [0, 0.05) is 19.5 Å². The number of nitrogens with one attached hydrogen (secondary N) is 1. The number of hydrogen-bond donors (Lipinski definition) is 1. The van der Waals surface area contributed by atoms with Crippen molar-refractivity contribution < 1.29 is 4.79 Å². The molecule has 1 amide bonds. The number of piperidine rings is 2. The average molecular weight is 309 g/mol. The van der Waals surface area contributed by atoms with Gasteiger partial charge in [-0.15, -0.1) is 31.4 Å². The molecule has 0 radical (unpaired) electrons. The van der Waals surface area contributed by atoms with Gasteiger partial charge in [0.25, 0.3) is 0 Å². The van der Waals surface area contributed by atoms with Crippen LogP contribution in [0.2, 0.25) is 0 Å². The SMILES string of the molecule is C=CCCC(=O)N1CCC2(CCNCC2)CC1.Cl.Cl. The number of carbonyl (C=O) groups is 1. The lowest BCUT2D eigenvalue weighted by Gasteiger charge is -2.44. The van der Waals surface area contributed by atoms with E-state index in [4.69, 9.17) is 0 Å². The Morgan fingerprint density at radius 2 is 1.74 bits per heavy atom. The fraction of sp³-hybridized carbons (Fsp3) is 0.786. The van der Waals surface area contributed by atoms with Crippen molar-refractivity contribution in [2.24, 2.45) is 5.41 Å². The molecule has 2 heterocycles. The molecule has 0 bridgehead atoms. The molecule has 2 fully saturated rings. The van der Waals surface area contributed by atoms with Crippen LogP contribution in [0.1, 0.15) is 38.5 Å². The van der Waals surface area contributed by atoms with E-state index in [-0.39, 0.29) is 24.8 Å². The monoisotopic (exact) mass is 308 g/mol. The molecule has 0 aromatic rings. The second kappa shape index (κ2) is 8.83. The minimum atomic E-state index is 0. The van der Waals surface area contributed by atoms with Gasteiger partial charge in [0.2, 0.25) is 5.91 Å². The number of likely N-dealkylation sites (tertiary alicyclic amines) is 1. The summed E-state index contributed by atoms with van der Waals surface area (Å²) in [6.45, 7) is 7.92. The molecule has 5 heteroatoms. The third kappa shape index (κ3) is 4.97. The van der Waals surface area contributed by atoms with Gasteiger partial charge in [0.05, 0.1) is 0 Å². The molecule has 1 N–H and O–H groups in total. The van der Waals surface area contributed by atoms with Crippen LogP contribution >= 0.6 is 24.8 Å². The van der Waals surface area contributed by atoms with Gasteiger partial charge >= 0.3 is 0 Å². The van der Waals surface area contributed by atoms with Crippen LogP contribution in [0, 0.1) is 5.41 Å². The Morgan fingerprint density at radius 3 is 2.26 bits per heavy atom. The van der Waals surface area contributed by atoms with Crippen LogP contribution in [0.3, 0.4) is 0 Å². The van der Waals surface area contributed by atoms with Gasteiger partial charge in [-0.1, -0.05) is 6.08 Å². The molecule has 2 saturated heterocycles. The van der Waals surface area contributed by atoms with Crippen molar-refractivity contribution >= 4 is 30.7 Å². The first-order chi connectivity index (χ1) is 8.26. The Hall–Kier alpha value is -0.250. The zero-order valence-electron chi connectivity index (χ0n) is 11.5. The summed E-state index contributed by atoms with van der Waals surface area (Å²) in [5, 5.41) is 3.43. The molecule has 0 aliphatic carbocycles. The molecule has 1 spiro atoms. The van der Waals surface area contributed by atoms with Crippen LogP contribution in [-0.2, 0) is 4.79 Å². The van der Waals surface area contributed by atoms with Crippen molar-refractivity contribution in [2.75, 3.05) is 26.2 Å². The van der Waals surface area contributed by atoms with E-state index in [0.717, 1.165) is 32.6 Å². The molecular weight excluding hydrogens is 283 g/mol. The van der Waals surface area contributed by atoms with Crippen molar-refractivity contribution in [3.05, 3.63) is 12.7 Å². The molecule has 3 nitrogen and oxygen atoms in total. The number of nitrogens with zero attached hydrogens (tertiary/aromatic N) is 1. The second-order valence-corrected chi connectivity index (χ2v) is 5.46. The molecule has 112 valence electrons. The molecule has 0 aromatic heterocycles. The van der Waals surface area contributed by atoms with Crippen LogP contribution in [0.5, 0.6) is 0 Å². The summed E-state index contributed by atoms with van der Waals surface area (Å²) in [7, 11) is 0. The Morgan fingerprint density at radius 1 is 1.16 bits per heavy atom. The van der Waals surface area contributed by atoms with Crippen LogP contribution in [0.15, 0.2) is 12.7 Å². The lowest BCUT2D eigenvalue weighted by atomic mass is 9.71. The average Bonchev–Trinajstić information content (AvgIpc) is 2.38.